The number of methoxy groups -OCH3 is 1. The van der Waals surface area contributed by atoms with Crippen LogP contribution in [0, 0.1) is 5.92 Å². The Hall–Kier alpha value is -3.19. The van der Waals surface area contributed by atoms with Crippen molar-refractivity contribution in [3.63, 3.8) is 0 Å². The van der Waals surface area contributed by atoms with E-state index in [1.807, 2.05) is 18.2 Å². The summed E-state index contributed by atoms with van der Waals surface area (Å²) in [6, 6.07) is 26.6. The fraction of sp³-hybridized carbons (Fsp3) is 0.441. The van der Waals surface area contributed by atoms with Gasteiger partial charge in [0.05, 0.1) is 12.6 Å². The third-order valence-corrected chi connectivity index (χ3v) is 8.51. The molecule has 3 aromatic rings. The molecule has 0 radical (unpaired) electrons. The van der Waals surface area contributed by atoms with Crippen molar-refractivity contribution in [3.8, 4) is 5.75 Å². The molecule has 216 valence electrons. The largest absolute Gasteiger partial charge is 0.468 e. The maximum atomic E-state index is 13.7. The lowest BCUT2D eigenvalue weighted by Gasteiger charge is -2.36. The van der Waals surface area contributed by atoms with Crippen molar-refractivity contribution in [3.05, 3.63) is 101 Å². The van der Waals surface area contributed by atoms with Crippen LogP contribution in [0.15, 0.2) is 78.9 Å². The van der Waals surface area contributed by atoms with E-state index < -0.39 is 6.79 Å². The average molecular weight is 547 g/mol. The first-order valence-corrected chi connectivity index (χ1v) is 14.3. The number of amides is 1. The normalized spacial score (nSPS) is 18.4. The highest BCUT2D eigenvalue weighted by Crippen LogP contribution is 2.39. The van der Waals surface area contributed by atoms with E-state index in [4.69, 9.17) is 14.6 Å². The second kappa shape index (κ2) is 13.9. The number of nitrogens with one attached hydrogen (secondary N) is 1. The topological polar surface area (TPSA) is 71.0 Å². The van der Waals surface area contributed by atoms with E-state index in [-0.39, 0.29) is 30.8 Å². The van der Waals surface area contributed by atoms with Gasteiger partial charge in [-0.15, -0.1) is 0 Å². The van der Waals surface area contributed by atoms with Crippen LogP contribution >= 0.6 is 0 Å². The van der Waals surface area contributed by atoms with Crippen LogP contribution in [0.25, 0.3) is 0 Å². The van der Waals surface area contributed by atoms with Gasteiger partial charge in [-0.2, -0.15) is 0 Å². The summed E-state index contributed by atoms with van der Waals surface area (Å²) in [4.78, 5) is 16.0. The third-order valence-electron chi connectivity index (χ3n) is 8.51. The number of nitrogens with zero attached hydrogens (tertiary/aromatic N) is 1. The summed E-state index contributed by atoms with van der Waals surface area (Å²) in [5, 5.41) is 12.4. The molecule has 1 fully saturated rings. The standard InChI is InChI=1S/C34H44N2O4.H2/c1-34(2,28-12-6-5-7-13-28)36(3)22-25-17-19-26(20-18-25)30-15-8-9-16-31(30)33(38)35-32(23-39-4)27-11-10-14-29(21-27)40-24-37;/h5-7,10-14,17-21,30-32,37H,8-9,15-16,22-24H2,1-4H3,(H,35,38);1H/t30-,31+,32?;/m1./s1. The molecule has 6 nitrogen and oxygen atoms in total. The van der Waals surface area contributed by atoms with Crippen LogP contribution in [-0.4, -0.2) is 43.5 Å². The van der Waals surface area contributed by atoms with Gasteiger partial charge < -0.3 is 19.9 Å². The molecule has 1 aliphatic rings. The lowest BCUT2D eigenvalue weighted by Crippen LogP contribution is -2.39. The summed E-state index contributed by atoms with van der Waals surface area (Å²) < 4.78 is 10.7. The molecular weight excluding hydrogens is 500 g/mol. The van der Waals surface area contributed by atoms with Crippen LogP contribution in [0.1, 0.15) is 75.2 Å². The minimum absolute atomic E-state index is 0. The first-order chi connectivity index (χ1) is 19.3. The van der Waals surface area contributed by atoms with Gasteiger partial charge in [0.1, 0.15) is 5.75 Å². The van der Waals surface area contributed by atoms with Gasteiger partial charge in [-0.1, -0.05) is 79.6 Å². The Morgan fingerprint density at radius 1 is 1.05 bits per heavy atom. The second-order valence-electron chi connectivity index (χ2n) is 11.4. The molecule has 1 aliphatic carbocycles. The minimum Gasteiger partial charge on any atom is -0.468 e. The third kappa shape index (κ3) is 7.30. The van der Waals surface area contributed by atoms with E-state index in [0.717, 1.165) is 37.8 Å². The zero-order valence-electron chi connectivity index (χ0n) is 24.3. The number of aliphatic hydroxyl groups is 1. The maximum Gasteiger partial charge on any atom is 0.224 e. The van der Waals surface area contributed by atoms with Gasteiger partial charge in [-0.05, 0) is 74.0 Å². The smallest absolute Gasteiger partial charge is 0.224 e. The first kappa shape index (κ1) is 29.8. The number of ether oxygens (including phenoxy) is 2. The summed E-state index contributed by atoms with van der Waals surface area (Å²) >= 11 is 0. The van der Waals surface area contributed by atoms with E-state index in [2.05, 4.69) is 85.7 Å². The number of hydrogen-bond acceptors (Lipinski definition) is 5. The highest BCUT2D eigenvalue weighted by Gasteiger charge is 2.33. The molecule has 40 heavy (non-hydrogen) atoms. The Balaban J connectivity index is 0.00000462. The van der Waals surface area contributed by atoms with Gasteiger partial charge >= 0.3 is 0 Å². The summed E-state index contributed by atoms with van der Waals surface area (Å²) in [5.74, 6) is 0.724. The van der Waals surface area contributed by atoms with Crippen molar-refractivity contribution in [1.82, 2.24) is 10.2 Å². The SMILES string of the molecule is COCC(NC(=O)[C@H]1CCCC[C@@H]1c1ccc(CN(C)C(C)(C)c2ccccc2)cc1)c1cccc(OCO)c1.[HH]. The zero-order valence-corrected chi connectivity index (χ0v) is 24.3. The van der Waals surface area contributed by atoms with Gasteiger partial charge in [-0.25, -0.2) is 0 Å². The first-order valence-electron chi connectivity index (χ1n) is 14.3. The Bertz CT molecular complexity index is 1220. The highest BCUT2D eigenvalue weighted by molar-refractivity contribution is 5.80. The number of carbonyl (C=O) groups is 1. The summed E-state index contributed by atoms with van der Waals surface area (Å²) in [7, 11) is 3.81. The molecule has 1 unspecified atom stereocenters. The number of aliphatic hydroxyl groups excluding tert-OH is 1. The van der Waals surface area contributed by atoms with Crippen molar-refractivity contribution in [2.24, 2.45) is 5.92 Å². The van der Waals surface area contributed by atoms with Crippen LogP contribution in [0.3, 0.4) is 0 Å². The predicted octanol–water partition coefficient (Wildman–Crippen LogP) is 6.41. The molecule has 0 aliphatic heterocycles. The van der Waals surface area contributed by atoms with Crippen LogP contribution in [-0.2, 0) is 21.6 Å². The quantitative estimate of drug-likeness (QED) is 0.257. The zero-order chi connectivity index (χ0) is 28.5. The molecule has 3 atom stereocenters. The van der Waals surface area contributed by atoms with Crippen LogP contribution < -0.4 is 10.1 Å². The second-order valence-corrected chi connectivity index (χ2v) is 11.4. The minimum atomic E-state index is -0.394. The predicted molar refractivity (Wildman–Crippen MR) is 161 cm³/mol. The lowest BCUT2D eigenvalue weighted by atomic mass is 9.74. The van der Waals surface area contributed by atoms with Gasteiger partial charge in [0.15, 0.2) is 6.79 Å². The Kier molecular flexibility index (Phi) is 10.4. The van der Waals surface area contributed by atoms with Gasteiger partial charge in [0.2, 0.25) is 5.91 Å². The van der Waals surface area contributed by atoms with Crippen molar-refractivity contribution in [1.29, 1.82) is 0 Å². The van der Waals surface area contributed by atoms with Crippen LogP contribution in [0.4, 0.5) is 0 Å². The maximum absolute atomic E-state index is 13.7. The van der Waals surface area contributed by atoms with Crippen molar-refractivity contribution in [2.45, 2.75) is 63.6 Å². The Morgan fingerprint density at radius 3 is 2.48 bits per heavy atom. The molecule has 3 aromatic carbocycles. The van der Waals surface area contributed by atoms with Crippen LogP contribution in [0.5, 0.6) is 5.75 Å². The molecule has 0 aromatic heterocycles. The number of carbonyl (C=O) groups excluding carboxylic acids is 1. The molecular formula is C34H46N2O4. The monoisotopic (exact) mass is 546 g/mol. The van der Waals surface area contributed by atoms with E-state index >= 15 is 0 Å². The highest BCUT2D eigenvalue weighted by atomic mass is 16.6. The molecule has 1 saturated carbocycles. The van der Waals surface area contributed by atoms with Gasteiger partial charge in [0, 0.05) is 26.5 Å². The van der Waals surface area contributed by atoms with Crippen molar-refractivity contribution >= 4 is 5.91 Å². The van der Waals surface area contributed by atoms with E-state index in [9.17, 15) is 4.79 Å². The van der Waals surface area contributed by atoms with Crippen molar-refractivity contribution < 1.29 is 20.8 Å². The Labute approximate surface area is 240 Å². The molecule has 0 spiro atoms. The van der Waals surface area contributed by atoms with Crippen LogP contribution in [0.2, 0.25) is 0 Å². The molecule has 6 heteroatoms. The molecule has 4 rings (SSSR count). The molecule has 2 N–H and O–H groups in total. The number of hydrogen-bond donors (Lipinski definition) is 2. The number of rotatable bonds is 12. The van der Waals surface area contributed by atoms with Gasteiger partial charge in [-0.3, -0.25) is 9.69 Å². The average Bonchev–Trinajstić information content (AvgIpc) is 2.98. The summed E-state index contributed by atoms with van der Waals surface area (Å²) in [5.41, 5.74) is 4.59. The van der Waals surface area contributed by atoms with Crippen molar-refractivity contribution in [2.75, 3.05) is 27.6 Å². The lowest BCUT2D eigenvalue weighted by molar-refractivity contribution is -0.127. The Morgan fingerprint density at radius 2 is 1.77 bits per heavy atom. The van der Waals surface area contributed by atoms with E-state index in [1.165, 1.54) is 16.7 Å². The van der Waals surface area contributed by atoms with E-state index in [0.29, 0.717) is 12.4 Å². The summed E-state index contributed by atoms with van der Waals surface area (Å²) in [6.45, 7) is 5.32. The molecule has 1 amide bonds. The molecule has 0 saturated heterocycles. The summed E-state index contributed by atoms with van der Waals surface area (Å²) in [6.07, 6.45) is 4.07. The fourth-order valence-corrected chi connectivity index (χ4v) is 5.81. The molecule has 0 bridgehead atoms. The molecule has 0 heterocycles. The van der Waals surface area contributed by atoms with Gasteiger partial charge in [0.25, 0.3) is 0 Å². The van der Waals surface area contributed by atoms with E-state index in [1.54, 1.807) is 13.2 Å². The fourth-order valence-electron chi connectivity index (χ4n) is 5.81. The number of benzene rings is 3.